The predicted molar refractivity (Wildman–Crippen MR) is 150 cm³/mol. The van der Waals surface area contributed by atoms with E-state index in [-0.39, 0.29) is 0 Å². The number of terminal acetylenes is 2. The van der Waals surface area contributed by atoms with Crippen LogP contribution in [-0.2, 0) is 14.2 Å². The number of allylic oxidation sites excluding steroid dienone is 5. The predicted octanol–water partition coefficient (Wildman–Crippen LogP) is 8.99. The largest absolute Gasteiger partial charge is 0.501 e. The third-order valence-electron chi connectivity index (χ3n) is 2.34. The summed E-state index contributed by atoms with van der Waals surface area (Å²) in [4.78, 5) is 0. The van der Waals surface area contributed by atoms with Crippen molar-refractivity contribution < 1.29 is 14.2 Å². The van der Waals surface area contributed by atoms with Crippen molar-refractivity contribution in [3.63, 3.8) is 0 Å². The molecule has 0 fully saturated rings. The van der Waals surface area contributed by atoms with E-state index in [1.807, 2.05) is 73.6 Å². The second kappa shape index (κ2) is 70.3. The van der Waals surface area contributed by atoms with Gasteiger partial charge in [-0.15, -0.1) is 31.8 Å². The van der Waals surface area contributed by atoms with E-state index in [1.165, 1.54) is 6.42 Å². The third kappa shape index (κ3) is 105. The van der Waals surface area contributed by atoms with Crippen molar-refractivity contribution in [1.82, 2.24) is 0 Å². The molecule has 190 valence electrons. The Morgan fingerprint density at radius 3 is 1.59 bits per heavy atom. The van der Waals surface area contributed by atoms with Crippen LogP contribution in [0.5, 0.6) is 0 Å². The Labute approximate surface area is 204 Å². The highest BCUT2D eigenvalue weighted by molar-refractivity contribution is 5.03. The molecule has 0 radical (unpaired) electrons. The van der Waals surface area contributed by atoms with Gasteiger partial charge in [0.2, 0.25) is 0 Å². The van der Waals surface area contributed by atoms with E-state index >= 15 is 0 Å². The molecule has 3 nitrogen and oxygen atoms in total. The summed E-state index contributed by atoms with van der Waals surface area (Å²) in [5, 5.41) is 0. The standard InChI is InChI=1S/C12H22O3.C4H8.C3H8.C3H6.C3H4.C2H6.C2H2/c1-5-7-14-8-6-9-15-10-11(2)12(3)13-4;1-3-4-2;3*1-3-2;2*1-2/h5,7H,6,8-10H2,1-4H3;3-4H,1-2H3;3H2,1-2H3;3H,1H2,2H3;1H,2H3;1-2H3;1-2H/b7-5+,12-11-;4-3-;;;;;. The number of ether oxygens (including phenoxy) is 3. The minimum Gasteiger partial charge on any atom is -0.501 e. The molecule has 0 aromatic rings. The molecular weight excluding hydrogens is 396 g/mol. The number of rotatable bonds is 8. The molecule has 0 N–H and O–H groups in total. The van der Waals surface area contributed by atoms with Crippen LogP contribution in [0.3, 0.4) is 0 Å². The van der Waals surface area contributed by atoms with Crippen molar-refractivity contribution in [3.8, 4) is 25.2 Å². The van der Waals surface area contributed by atoms with Crippen LogP contribution in [-0.4, -0.2) is 26.9 Å². The quantitative estimate of drug-likeness (QED) is 0.159. The fourth-order valence-electron chi connectivity index (χ4n) is 0.910. The smallest absolute Gasteiger partial charge is 0.0936 e. The van der Waals surface area contributed by atoms with Crippen LogP contribution < -0.4 is 0 Å². The van der Waals surface area contributed by atoms with Crippen LogP contribution in [0, 0.1) is 25.2 Å². The van der Waals surface area contributed by atoms with Crippen LogP contribution in [0.1, 0.15) is 89.0 Å². The van der Waals surface area contributed by atoms with Crippen LogP contribution in [0.4, 0.5) is 0 Å². The maximum atomic E-state index is 5.46. The summed E-state index contributed by atoms with van der Waals surface area (Å²) in [6.45, 7) is 27.1. The van der Waals surface area contributed by atoms with Crippen LogP contribution >= 0.6 is 0 Å². The van der Waals surface area contributed by atoms with Gasteiger partial charge in [0.1, 0.15) is 0 Å². The maximum absolute atomic E-state index is 5.46. The van der Waals surface area contributed by atoms with Gasteiger partial charge in [0.25, 0.3) is 0 Å². The summed E-state index contributed by atoms with van der Waals surface area (Å²) in [5.74, 6) is 3.18. The molecule has 0 saturated heterocycles. The first-order chi connectivity index (χ1) is 15.4. The van der Waals surface area contributed by atoms with Gasteiger partial charge in [0, 0.05) is 6.42 Å². The lowest BCUT2D eigenvalue weighted by Gasteiger charge is -2.07. The zero-order valence-electron chi connectivity index (χ0n) is 23.6. The van der Waals surface area contributed by atoms with Crippen molar-refractivity contribution >= 4 is 0 Å². The first kappa shape index (κ1) is 47.4. The molecule has 0 amide bonds. The molecule has 32 heavy (non-hydrogen) atoms. The molecule has 0 aromatic heterocycles. The monoisotopic (exact) mass is 452 g/mol. The molecule has 0 bridgehead atoms. The molecule has 0 aromatic carbocycles. The van der Waals surface area contributed by atoms with Crippen molar-refractivity contribution in [3.05, 3.63) is 48.5 Å². The van der Waals surface area contributed by atoms with Gasteiger partial charge in [-0.25, -0.2) is 0 Å². The zero-order chi connectivity index (χ0) is 27.1. The lowest BCUT2D eigenvalue weighted by Crippen LogP contribution is -2.02. The first-order valence-electron chi connectivity index (χ1n) is 11.2. The van der Waals surface area contributed by atoms with Gasteiger partial charge in [-0.2, -0.15) is 0 Å². The lowest BCUT2D eigenvalue weighted by molar-refractivity contribution is 0.125. The van der Waals surface area contributed by atoms with Crippen molar-refractivity contribution in [2.45, 2.75) is 89.0 Å². The van der Waals surface area contributed by atoms with Gasteiger partial charge in [-0.1, -0.05) is 58.4 Å². The normalized spacial score (nSPS) is 8.66. The van der Waals surface area contributed by atoms with Crippen LogP contribution in [0.2, 0.25) is 0 Å². The van der Waals surface area contributed by atoms with Gasteiger partial charge in [0.05, 0.1) is 39.0 Å². The fourth-order valence-corrected chi connectivity index (χ4v) is 0.910. The van der Waals surface area contributed by atoms with E-state index < -0.39 is 0 Å². The number of methoxy groups -OCH3 is 1. The van der Waals surface area contributed by atoms with E-state index in [1.54, 1.807) is 26.4 Å². The van der Waals surface area contributed by atoms with Crippen molar-refractivity contribution in [1.29, 1.82) is 0 Å². The minimum atomic E-state index is 0.628. The molecule has 0 spiro atoms. The number of hydrogen-bond acceptors (Lipinski definition) is 3. The Morgan fingerprint density at radius 2 is 1.31 bits per heavy atom. The first-order valence-corrected chi connectivity index (χ1v) is 11.2. The topological polar surface area (TPSA) is 27.7 Å². The van der Waals surface area contributed by atoms with Gasteiger partial charge in [0.15, 0.2) is 0 Å². The highest BCUT2D eigenvalue weighted by Gasteiger charge is 1.96. The minimum absolute atomic E-state index is 0.628. The van der Waals surface area contributed by atoms with Crippen LogP contribution in [0.25, 0.3) is 0 Å². The molecule has 0 heterocycles. The van der Waals surface area contributed by atoms with Gasteiger partial charge in [-0.3, -0.25) is 0 Å². The molecule has 0 rings (SSSR count). The number of hydrogen-bond donors (Lipinski definition) is 0. The van der Waals surface area contributed by atoms with Gasteiger partial charge >= 0.3 is 0 Å². The van der Waals surface area contributed by atoms with Crippen molar-refractivity contribution in [2.75, 3.05) is 26.9 Å². The van der Waals surface area contributed by atoms with E-state index in [0.29, 0.717) is 19.8 Å². The average molecular weight is 453 g/mol. The molecule has 0 unspecified atom stereocenters. The van der Waals surface area contributed by atoms with Gasteiger partial charge in [-0.05, 0) is 54.0 Å². The van der Waals surface area contributed by atoms with E-state index in [4.69, 9.17) is 14.2 Å². The summed E-state index contributed by atoms with van der Waals surface area (Å²) >= 11 is 0. The van der Waals surface area contributed by atoms with E-state index in [9.17, 15) is 0 Å². The third-order valence-corrected chi connectivity index (χ3v) is 2.34. The van der Waals surface area contributed by atoms with Crippen LogP contribution in [0.15, 0.2) is 48.5 Å². The fraction of sp³-hybridized carbons (Fsp3) is 0.586. The lowest BCUT2D eigenvalue weighted by atomic mass is 10.3. The Balaban J connectivity index is -0.0000000602. The molecule has 0 aliphatic heterocycles. The Morgan fingerprint density at radius 1 is 0.938 bits per heavy atom. The zero-order valence-corrected chi connectivity index (χ0v) is 23.6. The molecular formula is C29H56O3. The molecule has 0 atom stereocenters. The highest BCUT2D eigenvalue weighted by Crippen LogP contribution is 2.03. The molecule has 0 aliphatic carbocycles. The second-order valence-electron chi connectivity index (χ2n) is 5.36. The second-order valence-corrected chi connectivity index (χ2v) is 5.36. The molecule has 0 aliphatic rings. The highest BCUT2D eigenvalue weighted by atomic mass is 16.5. The summed E-state index contributed by atoms with van der Waals surface area (Å²) in [5.41, 5.74) is 1.13. The summed E-state index contributed by atoms with van der Waals surface area (Å²) in [6, 6.07) is 0. The Bertz CT molecular complexity index is 417. The molecule has 3 heteroatoms. The Hall–Kier alpha value is -2.36. The van der Waals surface area contributed by atoms with E-state index in [2.05, 4.69) is 45.6 Å². The summed E-state index contributed by atoms with van der Waals surface area (Å²) in [7, 11) is 1.67. The summed E-state index contributed by atoms with van der Waals surface area (Å²) in [6.07, 6.45) is 24.1. The maximum Gasteiger partial charge on any atom is 0.0936 e. The SMILES string of the molecule is C#C.C#CC.C/C=C/OCCCOC/C(C)=C(/C)OC.C/C=C\C.C=CC.CC.CCC. The van der Waals surface area contributed by atoms with Crippen molar-refractivity contribution in [2.24, 2.45) is 0 Å². The molecule has 0 saturated carbocycles. The average Bonchev–Trinajstić information content (AvgIpc) is 2.82. The van der Waals surface area contributed by atoms with E-state index in [0.717, 1.165) is 17.8 Å². The summed E-state index contributed by atoms with van der Waals surface area (Å²) < 4.78 is 15.7. The Kier molecular flexibility index (Phi) is 104. The van der Waals surface area contributed by atoms with Gasteiger partial charge < -0.3 is 14.2 Å².